The first kappa shape index (κ1) is 23.5. The molecule has 0 bridgehead atoms. The Labute approximate surface area is 209 Å². The van der Waals surface area contributed by atoms with Crippen LogP contribution in [0.4, 0.5) is 5.69 Å². The third-order valence-electron chi connectivity index (χ3n) is 6.15. The van der Waals surface area contributed by atoms with Gasteiger partial charge >= 0.3 is 0 Å². The van der Waals surface area contributed by atoms with Crippen molar-refractivity contribution in [3.05, 3.63) is 77.9 Å². The van der Waals surface area contributed by atoms with Gasteiger partial charge in [0.25, 0.3) is 11.8 Å². The third-order valence-corrected chi connectivity index (χ3v) is 6.15. The van der Waals surface area contributed by atoms with Gasteiger partial charge in [0.15, 0.2) is 18.1 Å². The molecule has 1 aliphatic heterocycles. The van der Waals surface area contributed by atoms with Gasteiger partial charge in [0.1, 0.15) is 24.7 Å². The van der Waals surface area contributed by atoms with Crippen LogP contribution in [0.3, 0.4) is 0 Å². The van der Waals surface area contributed by atoms with Crippen LogP contribution in [0.5, 0.6) is 23.0 Å². The summed E-state index contributed by atoms with van der Waals surface area (Å²) in [4.78, 5) is 25.2. The van der Waals surface area contributed by atoms with Crippen molar-refractivity contribution in [1.82, 2.24) is 5.32 Å². The van der Waals surface area contributed by atoms with E-state index in [0.717, 1.165) is 29.9 Å². The van der Waals surface area contributed by atoms with Gasteiger partial charge < -0.3 is 29.6 Å². The van der Waals surface area contributed by atoms with Gasteiger partial charge in [-0.25, -0.2) is 0 Å². The van der Waals surface area contributed by atoms with E-state index in [0.29, 0.717) is 41.9 Å². The van der Waals surface area contributed by atoms with Crippen molar-refractivity contribution in [2.45, 2.75) is 18.9 Å². The second-order valence-electron chi connectivity index (χ2n) is 8.78. The van der Waals surface area contributed by atoms with Crippen molar-refractivity contribution in [2.75, 3.05) is 32.2 Å². The maximum Gasteiger partial charge on any atom is 0.262 e. The summed E-state index contributed by atoms with van der Waals surface area (Å²) in [5, 5.41) is 5.94. The quantitative estimate of drug-likeness (QED) is 0.465. The number of nitrogens with one attached hydrogen (secondary N) is 2. The van der Waals surface area contributed by atoms with Crippen molar-refractivity contribution < 1.29 is 28.5 Å². The van der Waals surface area contributed by atoms with Gasteiger partial charge in [-0.05, 0) is 72.9 Å². The molecule has 1 heterocycles. The molecule has 5 rings (SSSR count). The van der Waals surface area contributed by atoms with Gasteiger partial charge in [-0.1, -0.05) is 12.1 Å². The topological polar surface area (TPSA) is 95.1 Å². The van der Waals surface area contributed by atoms with Crippen LogP contribution in [0.2, 0.25) is 0 Å². The summed E-state index contributed by atoms with van der Waals surface area (Å²) in [5.41, 5.74) is 2.15. The molecule has 0 radical (unpaired) electrons. The van der Waals surface area contributed by atoms with E-state index in [1.165, 1.54) is 0 Å². The van der Waals surface area contributed by atoms with Crippen molar-refractivity contribution in [2.24, 2.45) is 5.92 Å². The minimum absolute atomic E-state index is 0.0930. The lowest BCUT2D eigenvalue weighted by Gasteiger charge is -2.23. The Hall–Kier alpha value is -4.20. The summed E-state index contributed by atoms with van der Waals surface area (Å²) in [5.74, 6) is 2.55. The van der Waals surface area contributed by atoms with E-state index in [9.17, 15) is 9.59 Å². The molecular weight excluding hydrogens is 460 g/mol. The van der Waals surface area contributed by atoms with E-state index in [1.807, 2.05) is 18.2 Å². The largest absolute Gasteiger partial charge is 0.497 e. The predicted octanol–water partition coefficient (Wildman–Crippen LogP) is 4.37. The number of anilines is 1. The Morgan fingerprint density at radius 3 is 2.47 bits per heavy atom. The van der Waals surface area contributed by atoms with Crippen LogP contribution in [0.1, 0.15) is 34.8 Å². The number of benzene rings is 3. The van der Waals surface area contributed by atoms with Crippen LogP contribution in [0, 0.1) is 5.92 Å². The first-order chi connectivity index (χ1) is 17.6. The predicted molar refractivity (Wildman–Crippen MR) is 134 cm³/mol. The van der Waals surface area contributed by atoms with Gasteiger partial charge in [-0.2, -0.15) is 0 Å². The normalized spacial score (nSPS) is 14.9. The number of methoxy groups -OCH3 is 1. The van der Waals surface area contributed by atoms with Crippen molar-refractivity contribution in [3.63, 3.8) is 0 Å². The summed E-state index contributed by atoms with van der Waals surface area (Å²) in [7, 11) is 1.57. The zero-order chi connectivity index (χ0) is 24.9. The summed E-state index contributed by atoms with van der Waals surface area (Å²) < 4.78 is 22.1. The van der Waals surface area contributed by atoms with Gasteiger partial charge in [0, 0.05) is 17.3 Å². The van der Waals surface area contributed by atoms with Crippen molar-refractivity contribution in [3.8, 4) is 23.0 Å². The Morgan fingerprint density at radius 2 is 1.72 bits per heavy atom. The highest BCUT2D eigenvalue weighted by atomic mass is 16.6. The Bertz CT molecular complexity index is 1240. The SMILES string of the molecule is COc1cccc(NC(=O)COc2ccc(C(=O)NC(c3ccc4c(c3)OCCO4)C3CC3)cc2)c1. The second-order valence-corrected chi connectivity index (χ2v) is 8.78. The number of rotatable bonds is 9. The fourth-order valence-electron chi connectivity index (χ4n) is 4.13. The van der Waals surface area contributed by atoms with Crippen molar-refractivity contribution >= 4 is 17.5 Å². The summed E-state index contributed by atoms with van der Waals surface area (Å²) in [6.45, 7) is 0.909. The number of ether oxygens (including phenoxy) is 4. The van der Waals surface area contributed by atoms with Crippen LogP contribution in [0.25, 0.3) is 0 Å². The Morgan fingerprint density at radius 1 is 0.944 bits per heavy atom. The maximum absolute atomic E-state index is 13.0. The second kappa shape index (κ2) is 10.6. The molecule has 186 valence electrons. The van der Waals surface area contributed by atoms with E-state index < -0.39 is 0 Å². The lowest BCUT2D eigenvalue weighted by Crippen LogP contribution is -2.30. The number of hydrogen-bond donors (Lipinski definition) is 2. The number of amides is 2. The number of carbonyl (C=O) groups excluding carboxylic acids is 2. The summed E-state index contributed by atoms with van der Waals surface area (Å²) in [6.07, 6.45) is 2.15. The highest BCUT2D eigenvalue weighted by Crippen LogP contribution is 2.43. The highest BCUT2D eigenvalue weighted by Gasteiger charge is 2.34. The molecule has 3 aromatic carbocycles. The van der Waals surface area contributed by atoms with Gasteiger partial charge in [0.2, 0.25) is 0 Å². The average molecular weight is 489 g/mol. The standard InChI is InChI=1S/C28H28N2O6/c1-33-23-4-2-3-21(16-23)29-26(31)17-36-22-10-7-19(8-11-22)28(32)30-27(18-5-6-18)20-9-12-24-25(15-20)35-14-13-34-24/h2-4,7-12,15-16,18,27H,5-6,13-14,17H2,1H3,(H,29,31)(H,30,32). The molecule has 3 aromatic rings. The van der Waals surface area contributed by atoms with Crippen LogP contribution >= 0.6 is 0 Å². The summed E-state index contributed by atoms with van der Waals surface area (Å²) in [6, 6.07) is 19.6. The number of fused-ring (bicyclic) bond motifs is 1. The fraction of sp³-hybridized carbons (Fsp3) is 0.286. The molecule has 2 aliphatic rings. The van der Waals surface area contributed by atoms with Gasteiger partial charge in [-0.3, -0.25) is 9.59 Å². The highest BCUT2D eigenvalue weighted by molar-refractivity contribution is 5.94. The zero-order valence-corrected chi connectivity index (χ0v) is 20.0. The molecule has 2 amide bonds. The molecule has 2 N–H and O–H groups in total. The first-order valence-corrected chi connectivity index (χ1v) is 12.0. The van der Waals surface area contributed by atoms with Crippen LogP contribution < -0.4 is 29.6 Å². The summed E-state index contributed by atoms with van der Waals surface area (Å²) >= 11 is 0. The zero-order valence-electron chi connectivity index (χ0n) is 20.0. The minimum atomic E-state index is -0.295. The molecule has 8 heteroatoms. The first-order valence-electron chi connectivity index (χ1n) is 12.0. The Balaban J connectivity index is 1.17. The molecular formula is C28H28N2O6. The molecule has 1 unspecified atom stereocenters. The molecule has 8 nitrogen and oxygen atoms in total. The molecule has 0 aromatic heterocycles. The van der Waals surface area contributed by atoms with Gasteiger partial charge in [0.05, 0.1) is 13.2 Å². The van der Waals surface area contributed by atoms with Crippen LogP contribution in [-0.2, 0) is 4.79 Å². The molecule has 1 fully saturated rings. The van der Waals surface area contributed by atoms with E-state index in [1.54, 1.807) is 55.6 Å². The molecule has 1 aliphatic carbocycles. The molecule has 1 atom stereocenters. The third kappa shape index (κ3) is 5.71. The Kier molecular flexibility index (Phi) is 6.93. The monoisotopic (exact) mass is 488 g/mol. The van der Waals surface area contributed by atoms with Crippen molar-refractivity contribution in [1.29, 1.82) is 0 Å². The lowest BCUT2D eigenvalue weighted by atomic mass is 10.0. The van der Waals surface area contributed by atoms with Crippen LogP contribution in [0.15, 0.2) is 66.7 Å². The van der Waals surface area contributed by atoms with Crippen LogP contribution in [-0.4, -0.2) is 38.7 Å². The molecule has 36 heavy (non-hydrogen) atoms. The minimum Gasteiger partial charge on any atom is -0.497 e. The molecule has 1 saturated carbocycles. The van der Waals surface area contributed by atoms with E-state index >= 15 is 0 Å². The lowest BCUT2D eigenvalue weighted by molar-refractivity contribution is -0.118. The number of hydrogen-bond acceptors (Lipinski definition) is 6. The molecule has 0 spiro atoms. The van der Waals surface area contributed by atoms with E-state index in [2.05, 4.69) is 10.6 Å². The fourth-order valence-corrected chi connectivity index (χ4v) is 4.13. The maximum atomic E-state index is 13.0. The number of carbonyl (C=O) groups is 2. The van der Waals surface area contributed by atoms with E-state index in [-0.39, 0.29) is 24.5 Å². The van der Waals surface area contributed by atoms with E-state index in [4.69, 9.17) is 18.9 Å². The average Bonchev–Trinajstić information content (AvgIpc) is 3.76. The molecule has 0 saturated heterocycles. The van der Waals surface area contributed by atoms with Gasteiger partial charge in [-0.15, -0.1) is 0 Å². The smallest absolute Gasteiger partial charge is 0.262 e.